The van der Waals surface area contributed by atoms with Crippen LogP contribution in [0.2, 0.25) is 0 Å². The van der Waals surface area contributed by atoms with Crippen molar-refractivity contribution in [2.24, 2.45) is 0 Å². The van der Waals surface area contributed by atoms with E-state index in [0.717, 1.165) is 13.0 Å². The molecule has 0 heterocycles. The highest BCUT2D eigenvalue weighted by molar-refractivity contribution is 14.1. The van der Waals surface area contributed by atoms with Crippen LogP contribution in [0, 0.1) is 0 Å². The van der Waals surface area contributed by atoms with E-state index in [1.165, 1.54) is 25.7 Å². The summed E-state index contributed by atoms with van der Waals surface area (Å²) in [5.74, 6) is 0. The lowest BCUT2D eigenvalue weighted by atomic mass is 9.97. The van der Waals surface area contributed by atoms with Crippen molar-refractivity contribution in [3.8, 4) is 0 Å². The predicted molar refractivity (Wildman–Crippen MR) is 71.7 cm³/mol. The van der Waals surface area contributed by atoms with Gasteiger partial charge in [0, 0.05) is 11.0 Å². The fraction of sp³-hybridized carbons (Fsp3) is 1.00. The third-order valence-corrected chi connectivity index (χ3v) is 4.89. The van der Waals surface area contributed by atoms with Crippen LogP contribution in [0.3, 0.4) is 0 Å². The maximum Gasteiger partial charge on any atom is 0.0880 e. The smallest absolute Gasteiger partial charge is 0.0880 e. The van der Waals surface area contributed by atoms with E-state index in [2.05, 4.69) is 36.4 Å². The number of alkyl halides is 1. The van der Waals surface area contributed by atoms with Crippen molar-refractivity contribution in [3.63, 3.8) is 0 Å². The third kappa shape index (κ3) is 4.19. The molecule has 0 bridgehead atoms. The second kappa shape index (κ2) is 6.40. The topological polar surface area (TPSA) is 18.5 Å². The second-order valence-corrected chi connectivity index (χ2v) is 6.26. The van der Waals surface area contributed by atoms with Gasteiger partial charge in [0.05, 0.1) is 18.3 Å². The molecule has 3 unspecified atom stereocenters. The van der Waals surface area contributed by atoms with Gasteiger partial charge in [-0.25, -0.2) is 0 Å². The Morgan fingerprint density at radius 3 is 2.53 bits per heavy atom. The highest BCUT2D eigenvalue weighted by Crippen LogP contribution is 2.28. The lowest BCUT2D eigenvalue weighted by molar-refractivity contribution is -0.0907. The first-order valence-corrected chi connectivity index (χ1v) is 7.16. The fourth-order valence-corrected chi connectivity index (χ4v) is 2.84. The van der Waals surface area contributed by atoms with Crippen LogP contribution in [-0.4, -0.2) is 29.3 Å². The van der Waals surface area contributed by atoms with Crippen molar-refractivity contribution in [1.82, 2.24) is 0 Å². The van der Waals surface area contributed by atoms with E-state index in [-0.39, 0.29) is 5.60 Å². The van der Waals surface area contributed by atoms with Crippen molar-refractivity contribution >= 4 is 22.6 Å². The Kier molecular flexibility index (Phi) is 5.85. The number of halogens is 1. The van der Waals surface area contributed by atoms with Crippen LogP contribution < -0.4 is 0 Å². The molecule has 1 rings (SSSR count). The molecule has 1 fully saturated rings. The Balaban J connectivity index is 2.34. The normalized spacial score (nSPS) is 31.2. The van der Waals surface area contributed by atoms with E-state index in [1.54, 1.807) is 7.11 Å². The Labute approximate surface area is 107 Å². The monoisotopic (exact) mass is 326 g/mol. The number of hydrogen-bond donors (Lipinski definition) is 0. The van der Waals surface area contributed by atoms with Crippen molar-refractivity contribution < 1.29 is 9.47 Å². The van der Waals surface area contributed by atoms with Crippen LogP contribution in [-0.2, 0) is 9.47 Å². The third-order valence-electron chi connectivity index (χ3n) is 3.47. The summed E-state index contributed by atoms with van der Waals surface area (Å²) in [7, 11) is 1.77. The SMILES string of the molecule is CCC(C)(COC1CCCCC1I)OC. The van der Waals surface area contributed by atoms with Gasteiger partial charge in [-0.05, 0) is 26.2 Å². The summed E-state index contributed by atoms with van der Waals surface area (Å²) in [6.07, 6.45) is 6.66. The number of ether oxygens (including phenoxy) is 2. The minimum Gasteiger partial charge on any atom is -0.376 e. The summed E-state index contributed by atoms with van der Waals surface area (Å²) < 4.78 is 12.2. The molecular formula is C12H23IO2. The number of rotatable bonds is 5. The first-order valence-electron chi connectivity index (χ1n) is 5.92. The van der Waals surface area contributed by atoms with E-state index in [4.69, 9.17) is 9.47 Å². The summed E-state index contributed by atoms with van der Waals surface area (Å²) in [4.78, 5) is 0. The summed E-state index contributed by atoms with van der Waals surface area (Å²) >= 11 is 2.53. The molecule has 0 aromatic rings. The largest absolute Gasteiger partial charge is 0.376 e. The van der Waals surface area contributed by atoms with Crippen molar-refractivity contribution in [2.45, 2.75) is 61.6 Å². The maximum absolute atomic E-state index is 6.01. The first-order chi connectivity index (χ1) is 7.11. The number of hydrogen-bond acceptors (Lipinski definition) is 2. The molecule has 1 aliphatic rings. The molecule has 0 saturated heterocycles. The summed E-state index contributed by atoms with van der Waals surface area (Å²) in [5, 5.41) is 0. The van der Waals surface area contributed by atoms with Gasteiger partial charge in [0.1, 0.15) is 0 Å². The van der Waals surface area contributed by atoms with E-state index in [1.807, 2.05) is 0 Å². The molecule has 1 saturated carbocycles. The van der Waals surface area contributed by atoms with E-state index in [9.17, 15) is 0 Å². The summed E-state index contributed by atoms with van der Waals surface area (Å²) in [6.45, 7) is 5.00. The molecule has 0 aromatic heterocycles. The molecule has 0 amide bonds. The molecule has 0 spiro atoms. The first kappa shape index (κ1) is 13.7. The molecule has 2 nitrogen and oxygen atoms in total. The van der Waals surface area contributed by atoms with Crippen LogP contribution in [0.25, 0.3) is 0 Å². The average Bonchev–Trinajstić information content (AvgIpc) is 2.28. The van der Waals surface area contributed by atoms with Gasteiger partial charge in [0.25, 0.3) is 0 Å². The van der Waals surface area contributed by atoms with Gasteiger partial charge < -0.3 is 9.47 Å². The molecule has 15 heavy (non-hydrogen) atoms. The van der Waals surface area contributed by atoms with Crippen LogP contribution in [0.1, 0.15) is 46.0 Å². The van der Waals surface area contributed by atoms with Crippen molar-refractivity contribution in [1.29, 1.82) is 0 Å². The van der Waals surface area contributed by atoms with Crippen LogP contribution in [0.4, 0.5) is 0 Å². The minimum atomic E-state index is -0.103. The predicted octanol–water partition coefficient (Wildman–Crippen LogP) is 3.56. The molecule has 1 aliphatic carbocycles. The average molecular weight is 326 g/mol. The van der Waals surface area contributed by atoms with Gasteiger partial charge in [-0.3, -0.25) is 0 Å². The van der Waals surface area contributed by atoms with Crippen LogP contribution in [0.5, 0.6) is 0 Å². The molecule has 3 heteroatoms. The Morgan fingerprint density at radius 2 is 2.00 bits per heavy atom. The minimum absolute atomic E-state index is 0.103. The lowest BCUT2D eigenvalue weighted by Gasteiger charge is -2.32. The zero-order chi connectivity index (χ0) is 11.3. The molecule has 90 valence electrons. The van der Waals surface area contributed by atoms with Gasteiger partial charge in [0.15, 0.2) is 0 Å². The van der Waals surface area contributed by atoms with Gasteiger partial charge in [-0.1, -0.05) is 42.4 Å². The van der Waals surface area contributed by atoms with Gasteiger partial charge in [0.2, 0.25) is 0 Å². The Bertz CT molecular complexity index is 180. The highest BCUT2D eigenvalue weighted by Gasteiger charge is 2.28. The van der Waals surface area contributed by atoms with Gasteiger partial charge >= 0.3 is 0 Å². The lowest BCUT2D eigenvalue weighted by Crippen LogP contribution is -2.37. The molecule has 0 radical (unpaired) electrons. The zero-order valence-corrected chi connectivity index (χ0v) is 12.2. The second-order valence-electron chi connectivity index (χ2n) is 4.66. The molecule has 0 aliphatic heterocycles. The quantitative estimate of drug-likeness (QED) is 0.568. The highest BCUT2D eigenvalue weighted by atomic mass is 127. The van der Waals surface area contributed by atoms with E-state index >= 15 is 0 Å². The Morgan fingerprint density at radius 1 is 1.33 bits per heavy atom. The van der Waals surface area contributed by atoms with Crippen LogP contribution >= 0.6 is 22.6 Å². The molecule has 3 atom stereocenters. The molecular weight excluding hydrogens is 303 g/mol. The summed E-state index contributed by atoms with van der Waals surface area (Å²) in [5.41, 5.74) is -0.103. The summed E-state index contributed by atoms with van der Waals surface area (Å²) in [6, 6.07) is 0. The van der Waals surface area contributed by atoms with Gasteiger partial charge in [-0.2, -0.15) is 0 Å². The van der Waals surface area contributed by atoms with Gasteiger partial charge in [-0.15, -0.1) is 0 Å². The van der Waals surface area contributed by atoms with Crippen molar-refractivity contribution in [2.75, 3.05) is 13.7 Å². The Hall–Kier alpha value is 0.650. The number of methoxy groups -OCH3 is 1. The van der Waals surface area contributed by atoms with E-state index in [0.29, 0.717) is 10.0 Å². The van der Waals surface area contributed by atoms with Crippen LogP contribution in [0.15, 0.2) is 0 Å². The zero-order valence-electron chi connectivity index (χ0n) is 10.1. The van der Waals surface area contributed by atoms with Crippen molar-refractivity contribution in [3.05, 3.63) is 0 Å². The molecule has 0 aromatic carbocycles. The van der Waals surface area contributed by atoms with E-state index < -0.39 is 0 Å². The standard InChI is InChI=1S/C12H23IO2/c1-4-12(2,14-3)9-15-11-8-6-5-7-10(11)13/h10-11H,4-9H2,1-3H3. The maximum atomic E-state index is 6.01. The molecule has 0 N–H and O–H groups in total. The fourth-order valence-electron chi connectivity index (χ4n) is 1.83.